The van der Waals surface area contributed by atoms with Crippen LogP contribution < -0.4 is 10.8 Å². The summed E-state index contributed by atoms with van der Waals surface area (Å²) in [5, 5.41) is 21.7. The summed E-state index contributed by atoms with van der Waals surface area (Å²) in [5.74, 6) is -1.06. The fourth-order valence-electron chi connectivity index (χ4n) is 2.71. The second-order valence-corrected chi connectivity index (χ2v) is 7.25. The van der Waals surface area contributed by atoms with Crippen LogP contribution in [0.25, 0.3) is 10.9 Å². The number of anilines is 2. The number of hydroxylamine groups is 1. The Bertz CT molecular complexity index is 1010. The number of halogens is 2. The van der Waals surface area contributed by atoms with Crippen molar-refractivity contribution in [2.75, 3.05) is 18.5 Å². The summed E-state index contributed by atoms with van der Waals surface area (Å²) < 4.78 is 16.7. The lowest BCUT2D eigenvalue weighted by Gasteiger charge is -2.12. The first kappa shape index (κ1) is 20.5. The predicted molar refractivity (Wildman–Crippen MR) is 110 cm³/mol. The first-order chi connectivity index (χ1) is 13.4. The molecule has 0 fully saturated rings. The Labute approximate surface area is 173 Å². The van der Waals surface area contributed by atoms with Gasteiger partial charge in [0.15, 0.2) is 0 Å². The van der Waals surface area contributed by atoms with Crippen molar-refractivity contribution in [3.8, 4) is 0 Å². The summed E-state index contributed by atoms with van der Waals surface area (Å²) in [6.07, 6.45) is 2.05. The lowest BCUT2D eigenvalue weighted by atomic mass is 10.2. The van der Waals surface area contributed by atoms with Gasteiger partial charge in [0.2, 0.25) is 0 Å². The van der Waals surface area contributed by atoms with E-state index in [2.05, 4.69) is 15.8 Å². The number of nitrogens with zero attached hydrogens (tertiary/aromatic N) is 2. The van der Waals surface area contributed by atoms with Crippen molar-refractivity contribution in [1.82, 2.24) is 15.0 Å². The summed E-state index contributed by atoms with van der Waals surface area (Å²) in [6.45, 7) is -0.767. The number of amides is 1. The van der Waals surface area contributed by atoms with Gasteiger partial charge in [-0.1, -0.05) is 0 Å². The van der Waals surface area contributed by atoms with Gasteiger partial charge in [0.05, 0.1) is 23.5 Å². The van der Waals surface area contributed by atoms with Crippen LogP contribution in [-0.2, 0) is 11.9 Å². The lowest BCUT2D eigenvalue weighted by Crippen LogP contribution is -2.31. The van der Waals surface area contributed by atoms with Gasteiger partial charge in [0.1, 0.15) is 24.2 Å². The molecule has 3 rings (SSSR count). The molecule has 8 nitrogen and oxygen atoms in total. The number of hydrogen-bond donors (Lipinski definition) is 4. The quantitative estimate of drug-likeness (QED) is 0.292. The molecule has 2 heterocycles. The van der Waals surface area contributed by atoms with Gasteiger partial charge in [-0.25, -0.2) is 9.87 Å². The largest absolute Gasteiger partial charge is 0.394 e. The molecule has 0 saturated heterocycles. The van der Waals surface area contributed by atoms with Crippen LogP contribution in [-0.4, -0.2) is 45.0 Å². The van der Waals surface area contributed by atoms with E-state index in [0.717, 1.165) is 3.57 Å². The van der Waals surface area contributed by atoms with Crippen LogP contribution >= 0.6 is 22.6 Å². The Hall–Kier alpha value is -2.28. The third kappa shape index (κ3) is 4.24. The number of rotatable bonds is 7. The molecule has 10 heteroatoms. The standard InChI is InChI=1S/C18H18FIN4O4/c1-24-15-4-5-21-7-12(15)16(22-14-3-2-10(20)6-13(14)19)17(24)18(27)23-28-9-11(26)8-25/h2-7,11,22,25-26H,8-9H2,1H3,(H,23,27)/t11-/m1/s1. The molecule has 1 aromatic carbocycles. The fourth-order valence-corrected chi connectivity index (χ4v) is 3.16. The van der Waals surface area contributed by atoms with Crippen LogP contribution in [0.3, 0.4) is 0 Å². The maximum absolute atomic E-state index is 14.3. The van der Waals surface area contributed by atoms with Gasteiger partial charge in [-0.15, -0.1) is 0 Å². The monoisotopic (exact) mass is 500 g/mol. The molecule has 0 aliphatic rings. The average molecular weight is 500 g/mol. The second kappa shape index (κ2) is 8.82. The fraction of sp³-hybridized carbons (Fsp3) is 0.222. The van der Waals surface area contributed by atoms with Crippen LogP contribution in [0.15, 0.2) is 36.7 Å². The van der Waals surface area contributed by atoms with Gasteiger partial charge >= 0.3 is 0 Å². The van der Waals surface area contributed by atoms with Crippen LogP contribution in [0.2, 0.25) is 0 Å². The summed E-state index contributed by atoms with van der Waals surface area (Å²) in [4.78, 5) is 21.7. The number of aliphatic hydroxyl groups excluding tert-OH is 2. The number of carbonyl (C=O) groups excluding carboxylic acids is 1. The van der Waals surface area contributed by atoms with Crippen molar-refractivity contribution >= 4 is 50.8 Å². The molecule has 0 bridgehead atoms. The number of nitrogens with one attached hydrogen (secondary N) is 2. The summed E-state index contributed by atoms with van der Waals surface area (Å²) in [6, 6.07) is 6.44. The third-order valence-corrected chi connectivity index (χ3v) is 4.73. The zero-order valence-electron chi connectivity index (χ0n) is 14.8. The Balaban J connectivity index is 1.98. The third-order valence-electron chi connectivity index (χ3n) is 4.06. The lowest BCUT2D eigenvalue weighted by molar-refractivity contribution is -0.0297. The molecule has 1 atom stereocenters. The minimum Gasteiger partial charge on any atom is -0.394 e. The van der Waals surface area contributed by atoms with Crippen LogP contribution in [0.1, 0.15) is 10.5 Å². The van der Waals surface area contributed by atoms with Crippen molar-refractivity contribution in [3.63, 3.8) is 0 Å². The highest BCUT2D eigenvalue weighted by Crippen LogP contribution is 2.33. The van der Waals surface area contributed by atoms with Gasteiger partial charge < -0.3 is 20.1 Å². The number of benzene rings is 1. The Kier molecular flexibility index (Phi) is 6.44. The molecule has 0 spiro atoms. The molecule has 1 amide bonds. The van der Waals surface area contributed by atoms with E-state index in [0.29, 0.717) is 16.6 Å². The maximum atomic E-state index is 14.3. The smallest absolute Gasteiger partial charge is 0.293 e. The first-order valence-electron chi connectivity index (χ1n) is 8.28. The van der Waals surface area contributed by atoms with E-state index in [-0.39, 0.29) is 18.0 Å². The molecule has 0 radical (unpaired) electrons. The van der Waals surface area contributed by atoms with Crippen molar-refractivity contribution in [1.29, 1.82) is 0 Å². The van der Waals surface area contributed by atoms with E-state index in [1.165, 1.54) is 6.07 Å². The normalized spacial score (nSPS) is 12.2. The number of carbonyl (C=O) groups is 1. The van der Waals surface area contributed by atoms with Crippen LogP contribution in [0.4, 0.5) is 15.8 Å². The van der Waals surface area contributed by atoms with E-state index in [1.807, 2.05) is 22.6 Å². The van der Waals surface area contributed by atoms with E-state index in [4.69, 9.17) is 9.94 Å². The number of aliphatic hydroxyl groups is 2. The van der Waals surface area contributed by atoms with Gasteiger partial charge in [-0.05, 0) is 46.9 Å². The molecule has 4 N–H and O–H groups in total. The highest BCUT2D eigenvalue weighted by molar-refractivity contribution is 14.1. The van der Waals surface area contributed by atoms with Crippen molar-refractivity contribution in [2.45, 2.75) is 6.10 Å². The maximum Gasteiger partial charge on any atom is 0.293 e. The summed E-state index contributed by atoms with van der Waals surface area (Å²) in [5.41, 5.74) is 3.72. The number of aromatic nitrogens is 2. The summed E-state index contributed by atoms with van der Waals surface area (Å²) >= 11 is 2.01. The van der Waals surface area contributed by atoms with Crippen molar-refractivity contribution in [2.24, 2.45) is 7.05 Å². The molecule has 2 aromatic heterocycles. The zero-order chi connectivity index (χ0) is 20.3. The van der Waals surface area contributed by atoms with E-state index in [1.54, 1.807) is 42.2 Å². The molecule has 0 unspecified atom stereocenters. The minimum absolute atomic E-state index is 0.194. The zero-order valence-corrected chi connectivity index (χ0v) is 17.0. The molecule has 0 aliphatic carbocycles. The Morgan fingerprint density at radius 3 is 2.93 bits per heavy atom. The van der Waals surface area contributed by atoms with Crippen molar-refractivity contribution < 1.29 is 24.2 Å². The van der Waals surface area contributed by atoms with E-state index < -0.39 is 24.4 Å². The van der Waals surface area contributed by atoms with Gasteiger partial charge in [-0.2, -0.15) is 0 Å². The molecular weight excluding hydrogens is 482 g/mol. The highest BCUT2D eigenvalue weighted by atomic mass is 127. The summed E-state index contributed by atoms with van der Waals surface area (Å²) in [7, 11) is 1.69. The van der Waals surface area contributed by atoms with Gasteiger partial charge in [0.25, 0.3) is 5.91 Å². The predicted octanol–water partition coefficient (Wildman–Crippen LogP) is 2.08. The van der Waals surface area contributed by atoms with Crippen LogP contribution in [0, 0.1) is 9.39 Å². The molecule has 0 aliphatic heterocycles. The molecule has 3 aromatic rings. The number of fused-ring (bicyclic) bond motifs is 1. The first-order valence-corrected chi connectivity index (χ1v) is 9.35. The highest BCUT2D eigenvalue weighted by Gasteiger charge is 2.22. The van der Waals surface area contributed by atoms with Gasteiger partial charge in [0, 0.05) is 28.4 Å². The molecule has 28 heavy (non-hydrogen) atoms. The van der Waals surface area contributed by atoms with Crippen LogP contribution in [0.5, 0.6) is 0 Å². The minimum atomic E-state index is -1.12. The molecule has 0 saturated carbocycles. The Morgan fingerprint density at radius 1 is 1.43 bits per heavy atom. The number of hydrogen-bond acceptors (Lipinski definition) is 6. The SMILES string of the molecule is Cn1c(C(=O)NOC[C@H](O)CO)c(Nc2ccc(I)cc2F)c2cnccc21. The van der Waals surface area contributed by atoms with E-state index in [9.17, 15) is 14.3 Å². The average Bonchev–Trinajstić information content (AvgIpc) is 2.96. The topological polar surface area (TPSA) is 109 Å². The molecule has 148 valence electrons. The Morgan fingerprint density at radius 2 is 2.21 bits per heavy atom. The number of pyridine rings is 1. The van der Waals surface area contributed by atoms with E-state index >= 15 is 0 Å². The number of aryl methyl sites for hydroxylation is 1. The van der Waals surface area contributed by atoms with Gasteiger partial charge in [-0.3, -0.25) is 14.6 Å². The second-order valence-electron chi connectivity index (χ2n) is 6.00. The molecular formula is C18H18FIN4O4. The van der Waals surface area contributed by atoms with Crippen molar-refractivity contribution in [3.05, 3.63) is 51.7 Å².